The van der Waals surface area contributed by atoms with Gasteiger partial charge in [-0.15, -0.1) is 13.2 Å². The summed E-state index contributed by atoms with van der Waals surface area (Å²) in [7, 11) is 1.56. The Bertz CT molecular complexity index is 595. The third kappa shape index (κ3) is 8.22. The highest BCUT2D eigenvalue weighted by molar-refractivity contribution is 5.97. The fourth-order valence-corrected chi connectivity index (χ4v) is 1.72. The second-order valence-electron chi connectivity index (χ2n) is 5.16. The van der Waals surface area contributed by atoms with E-state index in [0.717, 1.165) is 6.42 Å². The van der Waals surface area contributed by atoms with Crippen LogP contribution in [-0.4, -0.2) is 25.7 Å². The predicted octanol–water partition coefficient (Wildman–Crippen LogP) is 4.07. The van der Waals surface area contributed by atoms with Gasteiger partial charge in [0.15, 0.2) is 0 Å². The van der Waals surface area contributed by atoms with Crippen LogP contribution >= 0.6 is 0 Å². The summed E-state index contributed by atoms with van der Waals surface area (Å²) in [5, 5.41) is 2.68. The van der Waals surface area contributed by atoms with Crippen molar-refractivity contribution in [3.8, 4) is 11.5 Å². The molecule has 0 saturated carbocycles. The molecule has 1 amide bonds. The van der Waals surface area contributed by atoms with Crippen LogP contribution in [0.5, 0.6) is 11.5 Å². The minimum Gasteiger partial charge on any atom is -0.497 e. The summed E-state index contributed by atoms with van der Waals surface area (Å²) >= 11 is 0. The third-order valence-corrected chi connectivity index (χ3v) is 3.33. The van der Waals surface area contributed by atoms with E-state index in [2.05, 4.69) is 44.5 Å². The molecule has 0 bridgehead atoms. The van der Waals surface area contributed by atoms with E-state index < -0.39 is 6.04 Å². The van der Waals surface area contributed by atoms with Gasteiger partial charge in [-0.3, -0.25) is 4.79 Å². The Balaban J connectivity index is 0.000000493. The Morgan fingerprint density at radius 2 is 2.16 bits per heavy atom. The Morgan fingerprint density at radius 1 is 1.48 bits per heavy atom. The number of carbonyl (C=O) groups is 1. The number of allylic oxidation sites excluding steroid dienone is 4. The molecule has 3 N–H and O–H groups in total. The average Bonchev–Trinajstić information content (AvgIpc) is 2.79. The number of hydrogen-bond acceptors (Lipinski definition) is 4. The van der Waals surface area contributed by atoms with Crippen molar-refractivity contribution < 1.29 is 14.3 Å². The lowest BCUT2D eigenvalue weighted by Crippen LogP contribution is -2.38. The summed E-state index contributed by atoms with van der Waals surface area (Å²) in [4.78, 5) is 11.4. The molecule has 0 aliphatic carbocycles. The van der Waals surface area contributed by atoms with E-state index in [4.69, 9.17) is 15.2 Å². The standard InChI is InChI=1S/C10H12N2O3.C8H14.C2H4/c1-14-6-2-3-9-8(4-6)12-10(13)7(11)5-15-9;1-4-6-7-8(3)5-2;1-2/h2-4,7H,5,11H2,1H3,(H,12,13);4,6-7H,5H2,1-3H3;1-2H2/b;6-4-,8-7-;/t7-;;/m0../s1. The highest BCUT2D eigenvalue weighted by Gasteiger charge is 2.21. The van der Waals surface area contributed by atoms with Gasteiger partial charge in [-0.2, -0.15) is 0 Å². The van der Waals surface area contributed by atoms with Gasteiger partial charge >= 0.3 is 0 Å². The number of nitrogens with one attached hydrogen (secondary N) is 1. The van der Waals surface area contributed by atoms with Crippen molar-refractivity contribution in [1.29, 1.82) is 0 Å². The van der Waals surface area contributed by atoms with Crippen LogP contribution < -0.4 is 20.5 Å². The van der Waals surface area contributed by atoms with Crippen LogP contribution in [0, 0.1) is 0 Å². The van der Waals surface area contributed by atoms with Crippen molar-refractivity contribution in [2.24, 2.45) is 5.73 Å². The van der Waals surface area contributed by atoms with Crippen molar-refractivity contribution in [3.63, 3.8) is 0 Å². The maximum atomic E-state index is 11.4. The van der Waals surface area contributed by atoms with E-state index in [9.17, 15) is 4.79 Å². The number of fused-ring (bicyclic) bond motifs is 1. The van der Waals surface area contributed by atoms with Crippen LogP contribution in [0.25, 0.3) is 0 Å². The zero-order valence-electron chi connectivity index (χ0n) is 15.7. The number of methoxy groups -OCH3 is 1. The summed E-state index contributed by atoms with van der Waals surface area (Å²) in [6, 6.07) is 4.57. The van der Waals surface area contributed by atoms with Gasteiger partial charge in [0, 0.05) is 6.07 Å². The second-order valence-corrected chi connectivity index (χ2v) is 5.16. The summed E-state index contributed by atoms with van der Waals surface area (Å²) < 4.78 is 10.4. The van der Waals surface area contributed by atoms with Gasteiger partial charge in [-0.1, -0.05) is 30.7 Å². The Labute approximate surface area is 151 Å². The molecule has 1 aromatic rings. The fourth-order valence-electron chi connectivity index (χ4n) is 1.72. The minimum atomic E-state index is -0.636. The Kier molecular flexibility index (Phi) is 11.5. The second kappa shape index (κ2) is 12.8. The zero-order chi connectivity index (χ0) is 19.2. The first kappa shape index (κ1) is 22.5. The van der Waals surface area contributed by atoms with E-state index in [1.807, 2.05) is 13.0 Å². The SMILES string of the molecule is C/C=C\C=C(\C)CC.C=C.COc1ccc2c(c1)NC(=O)[C@@H](N)CO2. The van der Waals surface area contributed by atoms with E-state index in [0.29, 0.717) is 17.2 Å². The highest BCUT2D eigenvalue weighted by atomic mass is 16.5. The third-order valence-electron chi connectivity index (χ3n) is 3.33. The molecule has 1 aromatic carbocycles. The predicted molar refractivity (Wildman–Crippen MR) is 105 cm³/mol. The van der Waals surface area contributed by atoms with Crippen LogP contribution in [0.1, 0.15) is 27.2 Å². The number of hydrogen-bond donors (Lipinski definition) is 2. The van der Waals surface area contributed by atoms with E-state index >= 15 is 0 Å². The van der Waals surface area contributed by atoms with Crippen molar-refractivity contribution in [2.75, 3.05) is 19.0 Å². The van der Waals surface area contributed by atoms with Crippen LogP contribution in [0.3, 0.4) is 0 Å². The molecule has 5 nitrogen and oxygen atoms in total. The van der Waals surface area contributed by atoms with Crippen molar-refractivity contribution in [2.45, 2.75) is 33.2 Å². The summed E-state index contributed by atoms with van der Waals surface area (Å²) in [6.07, 6.45) is 7.41. The first-order valence-corrected chi connectivity index (χ1v) is 8.17. The normalized spacial score (nSPS) is 16.1. The molecule has 0 unspecified atom stereocenters. The first-order chi connectivity index (χ1) is 12.0. The lowest BCUT2D eigenvalue weighted by atomic mass is 10.2. The molecule has 1 aliphatic rings. The number of ether oxygens (including phenoxy) is 2. The topological polar surface area (TPSA) is 73.6 Å². The molecule has 0 aromatic heterocycles. The fraction of sp³-hybridized carbons (Fsp3) is 0.350. The van der Waals surface area contributed by atoms with Gasteiger partial charge in [0.25, 0.3) is 0 Å². The monoisotopic (exact) mass is 346 g/mol. The zero-order valence-corrected chi connectivity index (χ0v) is 15.7. The molecule has 5 heteroatoms. The quantitative estimate of drug-likeness (QED) is 0.639. The Hall–Kier alpha value is -2.53. The molecule has 1 heterocycles. The van der Waals surface area contributed by atoms with Gasteiger partial charge in [0.05, 0.1) is 12.8 Å². The molecular formula is C20H30N2O3. The maximum absolute atomic E-state index is 11.4. The summed E-state index contributed by atoms with van der Waals surface area (Å²) in [5.41, 5.74) is 7.58. The first-order valence-electron chi connectivity index (χ1n) is 8.17. The highest BCUT2D eigenvalue weighted by Crippen LogP contribution is 2.30. The molecule has 1 atom stereocenters. The number of rotatable bonds is 3. The lowest BCUT2D eigenvalue weighted by Gasteiger charge is -2.08. The van der Waals surface area contributed by atoms with Crippen molar-refractivity contribution >= 4 is 11.6 Å². The van der Waals surface area contributed by atoms with Crippen molar-refractivity contribution in [1.82, 2.24) is 0 Å². The molecule has 0 saturated heterocycles. The molecule has 0 spiro atoms. The minimum absolute atomic E-state index is 0.186. The molecule has 0 fully saturated rings. The van der Waals surface area contributed by atoms with Crippen molar-refractivity contribution in [3.05, 3.63) is 55.2 Å². The number of amides is 1. The van der Waals surface area contributed by atoms with E-state index in [1.165, 1.54) is 5.57 Å². The summed E-state index contributed by atoms with van der Waals surface area (Å²) in [6.45, 7) is 12.5. The van der Waals surface area contributed by atoms with E-state index in [-0.39, 0.29) is 12.5 Å². The smallest absolute Gasteiger partial charge is 0.244 e. The maximum Gasteiger partial charge on any atom is 0.244 e. The Morgan fingerprint density at radius 3 is 2.72 bits per heavy atom. The lowest BCUT2D eigenvalue weighted by molar-refractivity contribution is -0.117. The molecule has 1 aliphatic heterocycles. The molecule has 25 heavy (non-hydrogen) atoms. The number of carbonyl (C=O) groups excluding carboxylic acids is 1. The van der Waals surface area contributed by atoms with Gasteiger partial charge < -0.3 is 20.5 Å². The van der Waals surface area contributed by atoms with Gasteiger partial charge in [-0.05, 0) is 32.4 Å². The molecular weight excluding hydrogens is 316 g/mol. The van der Waals surface area contributed by atoms with Crippen LogP contribution in [-0.2, 0) is 4.79 Å². The van der Waals surface area contributed by atoms with Gasteiger partial charge in [0.1, 0.15) is 24.1 Å². The van der Waals surface area contributed by atoms with Crippen LogP contribution in [0.4, 0.5) is 5.69 Å². The van der Waals surface area contributed by atoms with Gasteiger partial charge in [0.2, 0.25) is 5.91 Å². The average molecular weight is 346 g/mol. The van der Waals surface area contributed by atoms with E-state index in [1.54, 1.807) is 25.3 Å². The van der Waals surface area contributed by atoms with Crippen LogP contribution in [0.2, 0.25) is 0 Å². The number of benzene rings is 1. The number of nitrogens with two attached hydrogens (primary N) is 1. The van der Waals surface area contributed by atoms with Crippen LogP contribution in [0.15, 0.2) is 55.2 Å². The largest absolute Gasteiger partial charge is 0.497 e. The summed E-state index contributed by atoms with van der Waals surface area (Å²) in [5.74, 6) is 1.02. The van der Waals surface area contributed by atoms with Gasteiger partial charge in [-0.25, -0.2) is 0 Å². The molecule has 0 radical (unpaired) electrons. The molecule has 2 rings (SSSR count). The molecule has 138 valence electrons. The number of anilines is 1.